The first kappa shape index (κ1) is 6.58. The molecule has 0 radical (unpaired) electrons. The Morgan fingerprint density at radius 1 is 1.44 bits per heavy atom. The molecule has 3 heteroatoms. The highest BCUT2D eigenvalue weighted by Gasteiger charge is 2.11. The molecular weight excluding hydrogens is 116 g/mol. The standard InChI is InChI=1S/C6H12N2O/c1-6-4-5-7(2)9-8(6)3/h4-6H,1-3H3. The van der Waals surface area contributed by atoms with Crippen molar-refractivity contribution in [2.24, 2.45) is 0 Å². The monoisotopic (exact) mass is 128 g/mol. The smallest absolute Gasteiger partial charge is 0.0543 e. The van der Waals surface area contributed by atoms with Gasteiger partial charge in [0.25, 0.3) is 0 Å². The molecule has 0 aromatic carbocycles. The van der Waals surface area contributed by atoms with Gasteiger partial charge >= 0.3 is 0 Å². The van der Waals surface area contributed by atoms with Gasteiger partial charge < -0.3 is 0 Å². The van der Waals surface area contributed by atoms with Gasteiger partial charge in [0.2, 0.25) is 0 Å². The van der Waals surface area contributed by atoms with E-state index in [1.54, 1.807) is 10.1 Å². The fourth-order valence-electron chi connectivity index (χ4n) is 0.672. The molecule has 0 aliphatic carbocycles. The van der Waals surface area contributed by atoms with E-state index in [2.05, 4.69) is 13.0 Å². The van der Waals surface area contributed by atoms with Gasteiger partial charge in [0.15, 0.2) is 0 Å². The molecule has 1 atom stereocenters. The Kier molecular flexibility index (Phi) is 1.73. The molecule has 0 aromatic rings. The van der Waals surface area contributed by atoms with Crippen LogP contribution in [-0.2, 0) is 4.94 Å². The van der Waals surface area contributed by atoms with Crippen molar-refractivity contribution in [2.45, 2.75) is 13.0 Å². The summed E-state index contributed by atoms with van der Waals surface area (Å²) in [6, 6.07) is 0.376. The van der Waals surface area contributed by atoms with Crippen LogP contribution in [-0.4, -0.2) is 30.3 Å². The summed E-state index contributed by atoms with van der Waals surface area (Å²) in [5, 5.41) is 3.46. The summed E-state index contributed by atoms with van der Waals surface area (Å²) in [5.41, 5.74) is 0. The minimum atomic E-state index is 0.376. The Hall–Kier alpha value is -0.540. The van der Waals surface area contributed by atoms with Gasteiger partial charge in [-0.2, -0.15) is 10.0 Å². The van der Waals surface area contributed by atoms with Gasteiger partial charge in [-0.3, -0.25) is 0 Å². The van der Waals surface area contributed by atoms with Crippen molar-refractivity contribution in [3.8, 4) is 0 Å². The van der Waals surface area contributed by atoms with E-state index in [0.717, 1.165) is 0 Å². The Bertz CT molecular complexity index is 124. The van der Waals surface area contributed by atoms with Gasteiger partial charge in [0.05, 0.1) is 6.04 Å². The van der Waals surface area contributed by atoms with E-state index >= 15 is 0 Å². The highest BCUT2D eigenvalue weighted by molar-refractivity contribution is 4.89. The first-order chi connectivity index (χ1) is 4.20. The van der Waals surface area contributed by atoms with Crippen LogP contribution in [0.4, 0.5) is 0 Å². The van der Waals surface area contributed by atoms with Crippen molar-refractivity contribution in [3.63, 3.8) is 0 Å². The molecule has 3 nitrogen and oxygen atoms in total. The third-order valence-corrected chi connectivity index (χ3v) is 1.41. The van der Waals surface area contributed by atoms with Crippen LogP contribution in [0.3, 0.4) is 0 Å². The second-order valence-electron chi connectivity index (χ2n) is 2.26. The molecule has 0 fully saturated rings. The molecule has 1 heterocycles. The lowest BCUT2D eigenvalue weighted by molar-refractivity contribution is -0.300. The van der Waals surface area contributed by atoms with Crippen LogP contribution in [0.2, 0.25) is 0 Å². The molecular formula is C6H12N2O. The zero-order valence-corrected chi connectivity index (χ0v) is 6.03. The Balaban J connectivity index is 2.54. The molecule has 0 amide bonds. The first-order valence-corrected chi connectivity index (χ1v) is 3.02. The van der Waals surface area contributed by atoms with Gasteiger partial charge in [0, 0.05) is 20.3 Å². The molecule has 9 heavy (non-hydrogen) atoms. The number of hydrogen-bond acceptors (Lipinski definition) is 3. The van der Waals surface area contributed by atoms with Gasteiger partial charge in [-0.25, -0.2) is 5.06 Å². The number of hydroxylamine groups is 4. The average Bonchev–Trinajstić information content (AvgIpc) is 1.80. The van der Waals surface area contributed by atoms with E-state index in [4.69, 9.17) is 4.94 Å². The van der Waals surface area contributed by atoms with E-state index in [9.17, 15) is 0 Å². The maximum atomic E-state index is 5.18. The summed E-state index contributed by atoms with van der Waals surface area (Å²) in [6.07, 6.45) is 3.98. The molecule has 0 bridgehead atoms. The quantitative estimate of drug-likeness (QED) is 0.475. The van der Waals surface area contributed by atoms with Gasteiger partial charge in [-0.1, -0.05) is 0 Å². The third-order valence-electron chi connectivity index (χ3n) is 1.41. The van der Waals surface area contributed by atoms with Crippen LogP contribution in [0.15, 0.2) is 12.3 Å². The molecule has 1 aliphatic rings. The molecule has 0 aromatic heterocycles. The number of rotatable bonds is 0. The molecule has 0 saturated carbocycles. The number of nitrogens with zero attached hydrogens (tertiary/aromatic N) is 2. The van der Waals surface area contributed by atoms with Crippen LogP contribution in [0.1, 0.15) is 6.92 Å². The fraction of sp³-hybridized carbons (Fsp3) is 0.667. The predicted octanol–water partition coefficient (Wildman–Crippen LogP) is 0.612. The maximum Gasteiger partial charge on any atom is 0.0543 e. The van der Waals surface area contributed by atoms with Crippen molar-refractivity contribution < 1.29 is 4.94 Å². The molecule has 0 N–H and O–H groups in total. The van der Waals surface area contributed by atoms with E-state index in [1.165, 1.54) is 0 Å². The lowest BCUT2D eigenvalue weighted by atomic mass is 10.3. The predicted molar refractivity (Wildman–Crippen MR) is 35.2 cm³/mol. The molecule has 1 rings (SSSR count). The summed E-state index contributed by atoms with van der Waals surface area (Å²) in [4.78, 5) is 5.18. The number of hydrogen-bond donors (Lipinski definition) is 0. The van der Waals surface area contributed by atoms with Gasteiger partial charge in [0.1, 0.15) is 0 Å². The second-order valence-corrected chi connectivity index (χ2v) is 2.26. The highest BCUT2D eigenvalue weighted by Crippen LogP contribution is 2.06. The van der Waals surface area contributed by atoms with E-state index < -0.39 is 0 Å². The molecule has 1 aliphatic heterocycles. The maximum absolute atomic E-state index is 5.18. The summed E-state index contributed by atoms with van der Waals surface area (Å²) in [7, 11) is 3.77. The van der Waals surface area contributed by atoms with E-state index in [-0.39, 0.29) is 0 Å². The van der Waals surface area contributed by atoms with Gasteiger partial charge in [-0.15, -0.1) is 0 Å². The second kappa shape index (κ2) is 2.37. The van der Waals surface area contributed by atoms with Crippen LogP contribution >= 0.6 is 0 Å². The van der Waals surface area contributed by atoms with Crippen molar-refractivity contribution in [1.29, 1.82) is 0 Å². The summed E-state index contributed by atoms with van der Waals surface area (Å²) < 4.78 is 0. The minimum Gasteiger partial charge on any atom is -0.245 e. The topological polar surface area (TPSA) is 15.7 Å². The number of likely N-dealkylation sites (N-methyl/N-ethyl adjacent to an activating group) is 1. The first-order valence-electron chi connectivity index (χ1n) is 3.02. The van der Waals surface area contributed by atoms with Crippen LogP contribution in [0.25, 0.3) is 0 Å². The fourth-order valence-corrected chi connectivity index (χ4v) is 0.672. The zero-order chi connectivity index (χ0) is 6.85. The summed E-state index contributed by atoms with van der Waals surface area (Å²) in [6.45, 7) is 2.07. The van der Waals surface area contributed by atoms with Crippen LogP contribution in [0, 0.1) is 0 Å². The van der Waals surface area contributed by atoms with Crippen LogP contribution < -0.4 is 0 Å². The van der Waals surface area contributed by atoms with Crippen molar-refractivity contribution in [2.75, 3.05) is 14.1 Å². The largest absolute Gasteiger partial charge is 0.245 e. The van der Waals surface area contributed by atoms with E-state index in [0.29, 0.717) is 6.04 Å². The molecule has 0 spiro atoms. The molecule has 1 unspecified atom stereocenters. The molecule has 0 saturated heterocycles. The Labute approximate surface area is 55.4 Å². The minimum absolute atomic E-state index is 0.376. The lowest BCUT2D eigenvalue weighted by Crippen LogP contribution is -2.36. The van der Waals surface area contributed by atoms with Crippen molar-refractivity contribution in [3.05, 3.63) is 12.3 Å². The summed E-state index contributed by atoms with van der Waals surface area (Å²) in [5.74, 6) is 0. The van der Waals surface area contributed by atoms with Gasteiger partial charge in [-0.05, 0) is 13.0 Å². The van der Waals surface area contributed by atoms with Crippen molar-refractivity contribution >= 4 is 0 Å². The van der Waals surface area contributed by atoms with Crippen LogP contribution in [0.5, 0.6) is 0 Å². The highest BCUT2D eigenvalue weighted by atomic mass is 16.8. The molecule has 52 valence electrons. The van der Waals surface area contributed by atoms with Crippen molar-refractivity contribution in [1.82, 2.24) is 10.1 Å². The normalized spacial score (nSPS) is 29.2. The lowest BCUT2D eigenvalue weighted by Gasteiger charge is -2.29. The average molecular weight is 128 g/mol. The Morgan fingerprint density at radius 2 is 2.11 bits per heavy atom. The Morgan fingerprint density at radius 3 is 2.56 bits per heavy atom. The summed E-state index contributed by atoms with van der Waals surface area (Å²) >= 11 is 0. The van der Waals surface area contributed by atoms with E-state index in [1.807, 2.05) is 20.3 Å². The third kappa shape index (κ3) is 1.43. The SMILES string of the molecule is CC1C=CN(C)ON1C. The zero-order valence-electron chi connectivity index (χ0n) is 6.03.